The maximum atomic E-state index is 14.5. The first-order valence-corrected chi connectivity index (χ1v) is 12.1. The van der Waals surface area contributed by atoms with Crippen molar-refractivity contribution >= 4 is 17.4 Å². The van der Waals surface area contributed by atoms with E-state index in [1.54, 1.807) is 18.2 Å². The van der Waals surface area contributed by atoms with Crippen LogP contribution in [-0.2, 0) is 0 Å². The van der Waals surface area contributed by atoms with Gasteiger partial charge in [-0.1, -0.05) is 17.7 Å². The van der Waals surface area contributed by atoms with Crippen LogP contribution in [0.25, 0.3) is 11.6 Å². The van der Waals surface area contributed by atoms with E-state index in [0.717, 1.165) is 85.4 Å². The van der Waals surface area contributed by atoms with Gasteiger partial charge in [-0.3, -0.25) is 10.3 Å². The molecule has 1 aromatic carbocycles. The minimum absolute atomic E-state index is 0.218. The highest BCUT2D eigenvalue weighted by Crippen LogP contribution is 2.40. The molecular formula is C28H28FN5. The third-order valence-electron chi connectivity index (χ3n) is 7.73. The summed E-state index contributed by atoms with van der Waals surface area (Å²) in [7, 11) is 2.08. The van der Waals surface area contributed by atoms with Gasteiger partial charge in [0.2, 0.25) is 0 Å². The van der Waals surface area contributed by atoms with Crippen LogP contribution < -0.4 is 5.43 Å². The lowest BCUT2D eigenvalue weighted by Crippen LogP contribution is -2.40. The summed E-state index contributed by atoms with van der Waals surface area (Å²) in [6.45, 7) is 2.80. The van der Waals surface area contributed by atoms with Crippen molar-refractivity contribution in [1.82, 2.24) is 15.2 Å². The van der Waals surface area contributed by atoms with Gasteiger partial charge in [-0.2, -0.15) is 10.4 Å². The van der Waals surface area contributed by atoms with E-state index >= 15 is 0 Å². The molecule has 1 saturated carbocycles. The minimum atomic E-state index is -0.218. The lowest BCUT2D eigenvalue weighted by atomic mass is 9.86. The van der Waals surface area contributed by atoms with Gasteiger partial charge in [-0.15, -0.1) is 0 Å². The number of nitriles is 1. The molecular weight excluding hydrogens is 425 g/mol. The van der Waals surface area contributed by atoms with E-state index in [1.807, 2.05) is 12.2 Å². The van der Waals surface area contributed by atoms with E-state index in [1.165, 1.54) is 16.7 Å². The molecule has 0 spiro atoms. The van der Waals surface area contributed by atoms with E-state index < -0.39 is 0 Å². The zero-order valence-corrected chi connectivity index (χ0v) is 19.4. The molecule has 34 heavy (non-hydrogen) atoms. The van der Waals surface area contributed by atoms with Crippen molar-refractivity contribution in [2.24, 2.45) is 5.10 Å². The molecule has 0 unspecified atom stereocenters. The molecule has 0 radical (unpaired) electrons. The Labute approximate surface area is 199 Å². The quantitative estimate of drug-likeness (QED) is 0.658. The van der Waals surface area contributed by atoms with E-state index in [4.69, 9.17) is 10.4 Å². The highest BCUT2D eigenvalue weighted by Gasteiger charge is 2.31. The highest BCUT2D eigenvalue weighted by atomic mass is 19.1. The van der Waals surface area contributed by atoms with Crippen LogP contribution in [0.5, 0.6) is 0 Å². The molecule has 0 atom stereocenters. The normalized spacial score (nSPS) is 23.8. The van der Waals surface area contributed by atoms with Gasteiger partial charge in [0.25, 0.3) is 0 Å². The number of nitrogens with zero attached hydrogens (tertiary/aromatic N) is 4. The molecule has 1 aromatic rings. The summed E-state index contributed by atoms with van der Waals surface area (Å²) in [6.07, 6.45) is 15.5. The Hall–Kier alpha value is -3.43. The molecule has 6 heteroatoms. The summed E-state index contributed by atoms with van der Waals surface area (Å²) in [6, 6.07) is 6.01. The van der Waals surface area contributed by atoms with Crippen LogP contribution >= 0.6 is 0 Å². The van der Waals surface area contributed by atoms with E-state index in [0.29, 0.717) is 6.04 Å². The SMILES string of the molecule is CN1C=C2C(=C(C3=CCN(C4CCC(=CC#N)CC4)CC3)C1)NN=C1C=Cc3cc(F)cc2c31. The number of hydrogen-bond acceptors (Lipinski definition) is 5. The van der Waals surface area contributed by atoms with Crippen LogP contribution in [0.15, 0.2) is 64.1 Å². The second kappa shape index (κ2) is 8.41. The van der Waals surface area contributed by atoms with Crippen LogP contribution in [0.2, 0.25) is 0 Å². The number of hydrogen-bond donors (Lipinski definition) is 1. The lowest BCUT2D eigenvalue weighted by molar-refractivity contribution is 0.180. The summed E-state index contributed by atoms with van der Waals surface area (Å²) < 4.78 is 14.5. The van der Waals surface area contributed by atoms with Gasteiger partial charge in [0, 0.05) is 61.7 Å². The molecule has 0 amide bonds. The van der Waals surface area contributed by atoms with Gasteiger partial charge in [-0.05, 0) is 67.0 Å². The molecule has 1 fully saturated rings. The standard InChI is InChI=1S/C28H28FN5/c1-33-16-24(19-9-12-34(13-10-19)22-5-2-18(3-6-22)8-11-30)28-25(17-33)23-15-21(29)14-20-4-7-26(27(20)23)31-32-28/h4,7-9,14-15,17,22,32H,2-3,5-6,10,12-13,16H2,1H3. The lowest BCUT2D eigenvalue weighted by Gasteiger charge is -2.38. The van der Waals surface area contributed by atoms with Crippen LogP contribution in [0.1, 0.15) is 48.8 Å². The maximum Gasteiger partial charge on any atom is 0.124 e. The van der Waals surface area contributed by atoms with Gasteiger partial charge in [-0.25, -0.2) is 4.39 Å². The average molecular weight is 454 g/mol. The second-order valence-corrected chi connectivity index (χ2v) is 9.81. The predicted molar refractivity (Wildman–Crippen MR) is 133 cm³/mol. The first-order chi connectivity index (χ1) is 16.6. The molecule has 0 saturated heterocycles. The third-order valence-corrected chi connectivity index (χ3v) is 7.73. The molecule has 3 aliphatic heterocycles. The highest BCUT2D eigenvalue weighted by molar-refractivity contribution is 6.20. The molecule has 172 valence electrons. The Kier molecular flexibility index (Phi) is 5.23. The van der Waals surface area contributed by atoms with Crippen LogP contribution in [0, 0.1) is 17.1 Å². The van der Waals surface area contributed by atoms with Crippen molar-refractivity contribution in [2.45, 2.75) is 38.1 Å². The van der Waals surface area contributed by atoms with Crippen molar-refractivity contribution < 1.29 is 4.39 Å². The number of allylic oxidation sites excluding steroid dienone is 4. The first kappa shape index (κ1) is 21.1. The van der Waals surface area contributed by atoms with E-state index in [2.05, 4.69) is 40.6 Å². The number of rotatable bonds is 2. The van der Waals surface area contributed by atoms with Gasteiger partial charge in [0.15, 0.2) is 0 Å². The number of hydrazone groups is 1. The van der Waals surface area contributed by atoms with Crippen molar-refractivity contribution in [3.8, 4) is 6.07 Å². The number of halogens is 1. The number of likely N-dealkylation sites (N-methyl/N-ethyl adjacent to an activating group) is 1. The number of fused-ring (bicyclic) bond motifs is 2. The van der Waals surface area contributed by atoms with Crippen molar-refractivity contribution in [3.05, 3.63) is 81.5 Å². The van der Waals surface area contributed by atoms with Crippen molar-refractivity contribution in [3.63, 3.8) is 0 Å². The Morgan fingerprint density at radius 2 is 2.06 bits per heavy atom. The van der Waals surface area contributed by atoms with Crippen LogP contribution in [0.4, 0.5) is 4.39 Å². The largest absolute Gasteiger partial charge is 0.375 e. The first-order valence-electron chi connectivity index (χ1n) is 12.1. The zero-order valence-electron chi connectivity index (χ0n) is 19.4. The molecule has 1 N–H and O–H groups in total. The third kappa shape index (κ3) is 3.61. The average Bonchev–Trinajstić information content (AvgIpc) is 3.18. The van der Waals surface area contributed by atoms with Crippen LogP contribution in [-0.4, -0.2) is 48.2 Å². The summed E-state index contributed by atoms with van der Waals surface area (Å²) in [4.78, 5) is 4.79. The minimum Gasteiger partial charge on any atom is -0.375 e. The molecule has 3 heterocycles. The molecule has 5 nitrogen and oxygen atoms in total. The second-order valence-electron chi connectivity index (χ2n) is 9.81. The Morgan fingerprint density at radius 1 is 1.21 bits per heavy atom. The van der Waals surface area contributed by atoms with Gasteiger partial charge < -0.3 is 4.90 Å². The summed E-state index contributed by atoms with van der Waals surface area (Å²) in [5, 5.41) is 13.6. The van der Waals surface area contributed by atoms with E-state index in [9.17, 15) is 4.39 Å². The Balaban J connectivity index is 1.30. The topological polar surface area (TPSA) is 54.7 Å². The van der Waals surface area contributed by atoms with Gasteiger partial charge >= 0.3 is 0 Å². The molecule has 0 bridgehead atoms. The van der Waals surface area contributed by atoms with Gasteiger partial charge in [0.1, 0.15) is 5.82 Å². The molecule has 0 aromatic heterocycles. The monoisotopic (exact) mass is 453 g/mol. The van der Waals surface area contributed by atoms with E-state index in [-0.39, 0.29) is 5.82 Å². The predicted octanol–water partition coefficient (Wildman–Crippen LogP) is 4.72. The Bertz CT molecular complexity index is 1280. The molecule has 2 aliphatic carbocycles. The summed E-state index contributed by atoms with van der Waals surface area (Å²) in [5.41, 5.74) is 13.0. The maximum absolute atomic E-state index is 14.5. The van der Waals surface area contributed by atoms with Crippen molar-refractivity contribution in [2.75, 3.05) is 26.7 Å². The smallest absolute Gasteiger partial charge is 0.124 e. The van der Waals surface area contributed by atoms with Crippen molar-refractivity contribution in [1.29, 1.82) is 5.26 Å². The van der Waals surface area contributed by atoms with Gasteiger partial charge in [0.05, 0.1) is 17.5 Å². The fraction of sp³-hybridized carbons (Fsp3) is 0.357. The number of nitrogens with one attached hydrogen (secondary N) is 1. The summed E-state index contributed by atoms with van der Waals surface area (Å²) >= 11 is 0. The summed E-state index contributed by atoms with van der Waals surface area (Å²) in [5.74, 6) is -0.218. The molecule has 5 aliphatic rings. The van der Waals surface area contributed by atoms with Crippen LogP contribution in [0.3, 0.4) is 0 Å². The fourth-order valence-electron chi connectivity index (χ4n) is 6.00. The number of benzene rings is 1. The zero-order chi connectivity index (χ0) is 23.2. The Morgan fingerprint density at radius 3 is 2.82 bits per heavy atom. The fourth-order valence-corrected chi connectivity index (χ4v) is 6.00. The molecule has 6 rings (SSSR count).